The second kappa shape index (κ2) is 6.32. The maximum absolute atomic E-state index is 4.91. The number of hydrogen-bond donors (Lipinski definition) is 0. The van der Waals surface area contributed by atoms with Crippen LogP contribution in [0.4, 0.5) is 5.69 Å². The molecule has 0 saturated carbocycles. The van der Waals surface area contributed by atoms with Crippen molar-refractivity contribution in [1.82, 2.24) is 15.0 Å². The highest BCUT2D eigenvalue weighted by Crippen LogP contribution is 2.41. The first-order chi connectivity index (χ1) is 12.3. The molecule has 122 valence electrons. The first kappa shape index (κ1) is 15.3. The van der Waals surface area contributed by atoms with Crippen LogP contribution in [0.3, 0.4) is 0 Å². The standard InChI is InChI=1S/C21H18N4/c1-25(2)20-17-9-6-12-23-21(17)24-19(16-7-4-3-5-8-16)18(20)15-10-13-22-14-11-15/h3-14H,1-2H3. The predicted molar refractivity (Wildman–Crippen MR) is 103 cm³/mol. The van der Waals surface area contributed by atoms with Gasteiger partial charge < -0.3 is 4.90 Å². The van der Waals surface area contributed by atoms with Crippen LogP contribution >= 0.6 is 0 Å². The zero-order chi connectivity index (χ0) is 17.2. The minimum Gasteiger partial charge on any atom is -0.376 e. The van der Waals surface area contributed by atoms with Gasteiger partial charge in [0.25, 0.3) is 0 Å². The third kappa shape index (κ3) is 2.72. The fraction of sp³-hybridized carbons (Fsp3) is 0.0952. The Labute approximate surface area is 146 Å². The monoisotopic (exact) mass is 326 g/mol. The van der Waals surface area contributed by atoms with Crippen molar-refractivity contribution in [2.45, 2.75) is 0 Å². The first-order valence-electron chi connectivity index (χ1n) is 8.17. The summed E-state index contributed by atoms with van der Waals surface area (Å²) in [5.41, 5.74) is 6.06. The van der Waals surface area contributed by atoms with E-state index in [-0.39, 0.29) is 0 Å². The van der Waals surface area contributed by atoms with Gasteiger partial charge in [-0.05, 0) is 29.8 Å². The molecule has 0 aliphatic carbocycles. The van der Waals surface area contributed by atoms with E-state index >= 15 is 0 Å². The first-order valence-corrected chi connectivity index (χ1v) is 8.17. The average molecular weight is 326 g/mol. The molecule has 0 atom stereocenters. The zero-order valence-corrected chi connectivity index (χ0v) is 14.2. The third-order valence-corrected chi connectivity index (χ3v) is 4.20. The van der Waals surface area contributed by atoms with Crippen molar-refractivity contribution >= 4 is 16.7 Å². The molecule has 4 rings (SSSR count). The van der Waals surface area contributed by atoms with Gasteiger partial charge in [0, 0.05) is 49.2 Å². The molecule has 3 aromatic heterocycles. The molecule has 4 heteroatoms. The highest BCUT2D eigenvalue weighted by molar-refractivity contribution is 6.03. The lowest BCUT2D eigenvalue weighted by molar-refractivity contribution is 1.13. The molecule has 0 spiro atoms. The maximum atomic E-state index is 4.91. The molecule has 0 amide bonds. The molecule has 0 unspecified atom stereocenters. The quantitative estimate of drug-likeness (QED) is 0.559. The van der Waals surface area contributed by atoms with E-state index in [1.54, 1.807) is 6.20 Å². The zero-order valence-electron chi connectivity index (χ0n) is 14.2. The van der Waals surface area contributed by atoms with Gasteiger partial charge in [0.15, 0.2) is 5.65 Å². The van der Waals surface area contributed by atoms with Gasteiger partial charge in [0.05, 0.1) is 11.4 Å². The summed E-state index contributed by atoms with van der Waals surface area (Å²) in [6.45, 7) is 0. The van der Waals surface area contributed by atoms with Crippen molar-refractivity contribution in [3.05, 3.63) is 73.2 Å². The number of aromatic nitrogens is 3. The summed E-state index contributed by atoms with van der Waals surface area (Å²) in [5.74, 6) is 0. The van der Waals surface area contributed by atoms with Crippen LogP contribution in [-0.2, 0) is 0 Å². The molecule has 0 radical (unpaired) electrons. The summed E-state index contributed by atoms with van der Waals surface area (Å²) in [4.78, 5) is 15.7. The largest absolute Gasteiger partial charge is 0.376 e. The van der Waals surface area contributed by atoms with Gasteiger partial charge in [0.2, 0.25) is 0 Å². The van der Waals surface area contributed by atoms with Gasteiger partial charge in [-0.3, -0.25) is 4.98 Å². The number of rotatable bonds is 3. The lowest BCUT2D eigenvalue weighted by Gasteiger charge is -2.22. The number of anilines is 1. The van der Waals surface area contributed by atoms with Gasteiger partial charge in [-0.25, -0.2) is 9.97 Å². The van der Waals surface area contributed by atoms with Gasteiger partial charge >= 0.3 is 0 Å². The summed E-state index contributed by atoms with van der Waals surface area (Å²) in [6, 6.07) is 18.3. The molecule has 0 N–H and O–H groups in total. The summed E-state index contributed by atoms with van der Waals surface area (Å²) >= 11 is 0. The normalized spacial score (nSPS) is 10.8. The third-order valence-electron chi connectivity index (χ3n) is 4.20. The van der Waals surface area contributed by atoms with E-state index in [4.69, 9.17) is 4.98 Å². The molecular weight excluding hydrogens is 308 g/mol. The molecule has 0 aliphatic heterocycles. The van der Waals surface area contributed by atoms with Crippen LogP contribution < -0.4 is 4.90 Å². The molecule has 3 heterocycles. The maximum Gasteiger partial charge on any atom is 0.161 e. The van der Waals surface area contributed by atoms with Gasteiger partial charge in [0.1, 0.15) is 0 Å². The smallest absolute Gasteiger partial charge is 0.161 e. The van der Waals surface area contributed by atoms with Crippen molar-refractivity contribution in [1.29, 1.82) is 0 Å². The van der Waals surface area contributed by atoms with Gasteiger partial charge in [-0.15, -0.1) is 0 Å². The van der Waals surface area contributed by atoms with Crippen LogP contribution in [0.25, 0.3) is 33.4 Å². The number of nitrogens with zero attached hydrogens (tertiary/aromatic N) is 4. The molecule has 1 aromatic carbocycles. The lowest BCUT2D eigenvalue weighted by Crippen LogP contribution is -2.12. The van der Waals surface area contributed by atoms with Crippen LogP contribution in [0.15, 0.2) is 73.2 Å². The van der Waals surface area contributed by atoms with E-state index in [0.29, 0.717) is 0 Å². The minimum absolute atomic E-state index is 0.753. The molecule has 4 nitrogen and oxygen atoms in total. The number of hydrogen-bond acceptors (Lipinski definition) is 4. The highest BCUT2D eigenvalue weighted by atomic mass is 15.1. The number of fused-ring (bicyclic) bond motifs is 1. The Balaban J connectivity index is 2.16. The second-order valence-corrected chi connectivity index (χ2v) is 6.05. The van der Waals surface area contributed by atoms with Crippen molar-refractivity contribution in [3.63, 3.8) is 0 Å². The van der Waals surface area contributed by atoms with E-state index in [0.717, 1.165) is 39.1 Å². The average Bonchev–Trinajstić information content (AvgIpc) is 2.67. The molecule has 0 aliphatic rings. The van der Waals surface area contributed by atoms with Crippen molar-refractivity contribution in [2.24, 2.45) is 0 Å². The molecular formula is C21H18N4. The minimum atomic E-state index is 0.753. The molecule has 25 heavy (non-hydrogen) atoms. The number of benzene rings is 1. The van der Waals surface area contributed by atoms with Crippen LogP contribution in [-0.4, -0.2) is 29.0 Å². The van der Waals surface area contributed by atoms with Crippen molar-refractivity contribution in [3.8, 4) is 22.4 Å². The highest BCUT2D eigenvalue weighted by Gasteiger charge is 2.19. The number of pyridine rings is 3. The molecule has 4 aromatic rings. The van der Waals surface area contributed by atoms with Crippen molar-refractivity contribution < 1.29 is 0 Å². The van der Waals surface area contributed by atoms with E-state index < -0.39 is 0 Å². The summed E-state index contributed by atoms with van der Waals surface area (Å²) in [5, 5.41) is 1.04. The van der Waals surface area contributed by atoms with Crippen LogP contribution in [0.2, 0.25) is 0 Å². The predicted octanol–water partition coefficient (Wildman–Crippen LogP) is 4.42. The van der Waals surface area contributed by atoms with Crippen LogP contribution in [0, 0.1) is 0 Å². The van der Waals surface area contributed by atoms with Gasteiger partial charge in [-0.1, -0.05) is 30.3 Å². The topological polar surface area (TPSA) is 41.9 Å². The summed E-state index contributed by atoms with van der Waals surface area (Å²) in [7, 11) is 4.11. The Kier molecular flexibility index (Phi) is 3.86. The Morgan fingerprint density at radius 1 is 0.760 bits per heavy atom. The Morgan fingerprint density at radius 3 is 2.24 bits per heavy atom. The Bertz CT molecular complexity index is 1010. The molecule has 0 saturated heterocycles. The van der Waals surface area contributed by atoms with E-state index in [9.17, 15) is 0 Å². The Morgan fingerprint density at radius 2 is 1.52 bits per heavy atom. The fourth-order valence-electron chi connectivity index (χ4n) is 3.14. The van der Waals surface area contributed by atoms with Gasteiger partial charge in [-0.2, -0.15) is 0 Å². The second-order valence-electron chi connectivity index (χ2n) is 6.05. The van der Waals surface area contributed by atoms with E-state index in [2.05, 4.69) is 47.2 Å². The lowest BCUT2D eigenvalue weighted by atomic mass is 9.96. The van der Waals surface area contributed by atoms with E-state index in [1.165, 1.54) is 0 Å². The Hall–Kier alpha value is -3.27. The molecule has 0 fully saturated rings. The summed E-state index contributed by atoms with van der Waals surface area (Å²) in [6.07, 6.45) is 5.42. The SMILES string of the molecule is CN(C)c1c(-c2ccncc2)c(-c2ccccc2)nc2ncccc12. The fourth-order valence-corrected chi connectivity index (χ4v) is 3.14. The van der Waals surface area contributed by atoms with Crippen molar-refractivity contribution in [2.75, 3.05) is 19.0 Å². The summed E-state index contributed by atoms with van der Waals surface area (Å²) < 4.78 is 0. The van der Waals surface area contributed by atoms with E-state index in [1.807, 2.05) is 48.8 Å². The van der Waals surface area contributed by atoms with Crippen LogP contribution in [0.1, 0.15) is 0 Å². The van der Waals surface area contributed by atoms with Crippen LogP contribution in [0.5, 0.6) is 0 Å². The molecule has 0 bridgehead atoms.